The van der Waals surface area contributed by atoms with Crippen molar-refractivity contribution in [1.82, 2.24) is 4.72 Å². The van der Waals surface area contributed by atoms with Crippen molar-refractivity contribution in [2.24, 2.45) is 4.36 Å². The van der Waals surface area contributed by atoms with Crippen molar-refractivity contribution in [1.29, 1.82) is 0 Å². The molecule has 4 aromatic rings. The molecular weight excluding hydrogens is 603 g/mol. The first-order chi connectivity index (χ1) is 21.5. The van der Waals surface area contributed by atoms with Gasteiger partial charge in [0, 0.05) is 42.9 Å². The number of nitrogens with zero attached hydrogens (tertiary/aromatic N) is 3. The molecule has 0 saturated carbocycles. The van der Waals surface area contributed by atoms with E-state index in [1.54, 1.807) is 0 Å². The Balaban J connectivity index is 1.40. The lowest BCUT2D eigenvalue weighted by Gasteiger charge is -2.48. The molecule has 2 heterocycles. The number of rotatable bonds is 6. The van der Waals surface area contributed by atoms with E-state index in [2.05, 4.69) is 47.9 Å². The number of aryl methyl sites for hydroxylation is 2. The molecule has 1 fully saturated rings. The molecule has 0 amide bonds. The highest BCUT2D eigenvalue weighted by atomic mass is 32.2. The summed E-state index contributed by atoms with van der Waals surface area (Å²) in [6.45, 7) is 0.723. The second-order valence-corrected chi connectivity index (χ2v) is 13.3. The Kier molecular flexibility index (Phi) is 8.38. The van der Waals surface area contributed by atoms with Crippen LogP contribution in [0.1, 0.15) is 11.1 Å². The van der Waals surface area contributed by atoms with Crippen LogP contribution >= 0.6 is 0 Å². The van der Waals surface area contributed by atoms with Crippen molar-refractivity contribution in [3.63, 3.8) is 0 Å². The van der Waals surface area contributed by atoms with Crippen molar-refractivity contribution in [2.45, 2.75) is 42.3 Å². The summed E-state index contributed by atoms with van der Waals surface area (Å²) >= 11 is 0. The maximum absolute atomic E-state index is 14.3. The van der Waals surface area contributed by atoms with Crippen molar-refractivity contribution in [2.75, 3.05) is 35.7 Å². The van der Waals surface area contributed by atoms with Crippen LogP contribution in [0.4, 0.5) is 35.9 Å². The molecule has 0 aromatic heterocycles. The van der Waals surface area contributed by atoms with Gasteiger partial charge in [0.05, 0.1) is 23.1 Å². The van der Waals surface area contributed by atoms with E-state index in [0.717, 1.165) is 53.2 Å². The number of para-hydroxylation sites is 2. The van der Waals surface area contributed by atoms with Gasteiger partial charge >= 0.3 is 6.36 Å². The number of alkyl halides is 3. The molecule has 0 bridgehead atoms. The van der Waals surface area contributed by atoms with Crippen LogP contribution in [0.2, 0.25) is 0 Å². The average molecular weight is 638 g/mol. The minimum Gasteiger partial charge on any atom is -0.406 e. The molecule has 4 aromatic carbocycles. The van der Waals surface area contributed by atoms with Crippen molar-refractivity contribution in [3.05, 3.63) is 108 Å². The molecule has 4 unspecified atom stereocenters. The number of ether oxygens (including phenoxy) is 1. The molecule has 236 valence electrons. The SMILES string of the molecule is CN=S(=O)(NC1CN(c2ccc(N)cc2)CC(N2c3ccccc3CCc3ccccc32)C1O)c1ccc(OC(F)(F)F)cc1. The van der Waals surface area contributed by atoms with Crippen LogP contribution in [0, 0.1) is 0 Å². The van der Waals surface area contributed by atoms with E-state index in [1.165, 1.54) is 19.2 Å². The number of nitrogen functional groups attached to an aromatic ring is 1. The Morgan fingerprint density at radius 3 is 2.02 bits per heavy atom. The van der Waals surface area contributed by atoms with Crippen LogP contribution in [0.15, 0.2) is 106 Å². The topological polar surface area (TPSA) is 103 Å². The molecule has 1 saturated heterocycles. The van der Waals surface area contributed by atoms with Crippen molar-refractivity contribution < 1.29 is 27.2 Å². The Bertz CT molecular complexity index is 1730. The minimum absolute atomic E-state index is 0.165. The summed E-state index contributed by atoms with van der Waals surface area (Å²) in [6, 6.07) is 27.3. The number of piperidine rings is 1. The highest BCUT2D eigenvalue weighted by molar-refractivity contribution is 7.91. The van der Waals surface area contributed by atoms with E-state index >= 15 is 0 Å². The second kappa shape index (κ2) is 12.3. The van der Waals surface area contributed by atoms with Gasteiger partial charge in [-0.25, -0.2) is 13.3 Å². The van der Waals surface area contributed by atoms with E-state index in [-0.39, 0.29) is 11.4 Å². The fourth-order valence-corrected chi connectivity index (χ4v) is 7.77. The molecule has 12 heteroatoms. The lowest BCUT2D eigenvalue weighted by atomic mass is 9.94. The summed E-state index contributed by atoms with van der Waals surface area (Å²) in [6.07, 6.45) is -4.20. The van der Waals surface area contributed by atoms with Gasteiger partial charge in [-0.2, -0.15) is 0 Å². The number of halogens is 3. The van der Waals surface area contributed by atoms with E-state index < -0.39 is 40.2 Å². The van der Waals surface area contributed by atoms with Crippen LogP contribution in [0.5, 0.6) is 5.75 Å². The summed E-state index contributed by atoms with van der Waals surface area (Å²) in [5.41, 5.74) is 11.8. The smallest absolute Gasteiger partial charge is 0.406 e. The van der Waals surface area contributed by atoms with Gasteiger partial charge in [-0.1, -0.05) is 36.4 Å². The average Bonchev–Trinajstić information content (AvgIpc) is 3.19. The third-order valence-electron chi connectivity index (χ3n) is 8.33. The van der Waals surface area contributed by atoms with E-state index in [4.69, 9.17) is 5.73 Å². The summed E-state index contributed by atoms with van der Waals surface area (Å²) in [4.78, 5) is 4.47. The van der Waals surface area contributed by atoms with Crippen LogP contribution in [0.3, 0.4) is 0 Å². The Labute approximate surface area is 260 Å². The predicted molar refractivity (Wildman–Crippen MR) is 170 cm³/mol. The first-order valence-corrected chi connectivity index (χ1v) is 16.1. The summed E-state index contributed by atoms with van der Waals surface area (Å²) in [5.74, 6) is -0.435. The maximum Gasteiger partial charge on any atom is 0.573 e. The number of anilines is 4. The molecule has 0 radical (unpaired) electrons. The third kappa shape index (κ3) is 6.44. The fourth-order valence-electron chi connectivity index (χ4n) is 6.19. The molecule has 4 atom stereocenters. The van der Waals surface area contributed by atoms with Crippen molar-refractivity contribution in [3.8, 4) is 5.75 Å². The Hall–Kier alpha value is -4.26. The predicted octanol–water partition coefficient (Wildman–Crippen LogP) is 5.68. The van der Waals surface area contributed by atoms with Gasteiger partial charge in [0.1, 0.15) is 15.7 Å². The molecule has 8 nitrogen and oxygen atoms in total. The van der Waals surface area contributed by atoms with Gasteiger partial charge in [0.25, 0.3) is 0 Å². The number of hydrogen-bond acceptors (Lipinski definition) is 7. The zero-order valence-corrected chi connectivity index (χ0v) is 25.3. The number of fused-ring (bicyclic) bond motifs is 2. The number of nitrogens with one attached hydrogen (secondary N) is 1. The van der Waals surface area contributed by atoms with Gasteiger partial charge in [-0.15, -0.1) is 13.2 Å². The normalized spacial score (nSPS) is 21.2. The first kappa shape index (κ1) is 30.8. The van der Waals surface area contributed by atoms with Crippen LogP contribution in [-0.2, 0) is 22.8 Å². The third-order valence-corrected chi connectivity index (χ3v) is 10.4. The molecule has 0 spiro atoms. The summed E-state index contributed by atoms with van der Waals surface area (Å²) in [7, 11) is -2.00. The Morgan fingerprint density at radius 1 is 0.889 bits per heavy atom. The molecular formula is C33H34F3N5O3S. The summed E-state index contributed by atoms with van der Waals surface area (Å²) in [5, 5.41) is 12.1. The lowest BCUT2D eigenvalue weighted by molar-refractivity contribution is -0.274. The molecule has 2 aliphatic heterocycles. The number of nitrogens with two attached hydrogens (primary N) is 1. The maximum atomic E-state index is 14.3. The molecule has 6 rings (SSSR count). The molecule has 4 N–H and O–H groups in total. The highest BCUT2D eigenvalue weighted by Crippen LogP contribution is 2.40. The van der Waals surface area contributed by atoms with E-state index in [1.807, 2.05) is 48.5 Å². The fraction of sp³-hybridized carbons (Fsp3) is 0.273. The zero-order valence-electron chi connectivity index (χ0n) is 24.5. The Morgan fingerprint density at radius 2 is 1.47 bits per heavy atom. The first-order valence-electron chi connectivity index (χ1n) is 14.6. The van der Waals surface area contributed by atoms with Crippen molar-refractivity contribution >= 4 is 32.7 Å². The van der Waals surface area contributed by atoms with Crippen LogP contribution < -0.4 is 25.0 Å². The number of aliphatic hydroxyl groups excluding tert-OH is 1. The van der Waals surface area contributed by atoms with Crippen LogP contribution in [0.25, 0.3) is 0 Å². The lowest BCUT2D eigenvalue weighted by Crippen LogP contribution is -2.65. The molecule has 0 aliphatic carbocycles. The number of benzene rings is 4. The van der Waals surface area contributed by atoms with Crippen LogP contribution in [-0.4, -0.2) is 54.0 Å². The van der Waals surface area contributed by atoms with Gasteiger partial charge in [-0.3, -0.25) is 0 Å². The minimum atomic E-state index is -4.85. The second-order valence-electron chi connectivity index (χ2n) is 11.1. The quantitative estimate of drug-likeness (QED) is 0.235. The van der Waals surface area contributed by atoms with E-state index in [9.17, 15) is 22.5 Å². The van der Waals surface area contributed by atoms with E-state index in [0.29, 0.717) is 12.2 Å². The monoisotopic (exact) mass is 637 g/mol. The largest absolute Gasteiger partial charge is 0.573 e. The van der Waals surface area contributed by atoms with Gasteiger partial charge < -0.3 is 25.4 Å². The molecule has 45 heavy (non-hydrogen) atoms. The van der Waals surface area contributed by atoms with Gasteiger partial charge in [-0.05, 0) is 84.6 Å². The molecule has 2 aliphatic rings. The number of hydrogen-bond donors (Lipinski definition) is 3. The van der Waals surface area contributed by atoms with Gasteiger partial charge in [0.2, 0.25) is 0 Å². The standard InChI is InChI=1S/C33H34F3N5O3S/c1-38-45(43,27-18-16-26(17-19-27)44-33(34,35)36)39-28-20-40(25-14-12-24(37)13-15-25)21-31(32(28)42)41-29-8-4-2-6-22(29)10-11-23-7-3-5-9-30(23)41/h2-9,12-19,28,31-32,42H,10-11,20-21,37H2,1H3,(H,38,39,43). The zero-order chi connectivity index (χ0) is 31.8. The van der Waals surface area contributed by atoms with Gasteiger partial charge in [0.15, 0.2) is 0 Å². The number of aliphatic hydroxyl groups is 1. The summed E-state index contributed by atoms with van der Waals surface area (Å²) < 4.78 is 63.8. The highest BCUT2D eigenvalue weighted by Gasteiger charge is 2.42.